The molecule has 122 valence electrons. The van der Waals surface area contributed by atoms with Crippen LogP contribution in [0.1, 0.15) is 6.92 Å². The van der Waals surface area contributed by atoms with Crippen molar-refractivity contribution in [1.29, 1.82) is 0 Å². The van der Waals surface area contributed by atoms with Crippen molar-refractivity contribution < 1.29 is 18.7 Å². The van der Waals surface area contributed by atoms with Crippen LogP contribution in [0, 0.1) is 9.77 Å². The molecule has 0 fully saturated rings. The van der Waals surface area contributed by atoms with Crippen LogP contribution in [-0.2, 0) is 9.53 Å². The lowest BCUT2D eigenvalue weighted by atomic mass is 10.3. The molecule has 0 saturated heterocycles. The summed E-state index contributed by atoms with van der Waals surface area (Å²) in [4.78, 5) is 22.8. The maximum atomic E-state index is 13.0. The van der Waals surface area contributed by atoms with Gasteiger partial charge in [0.15, 0.2) is 8.29 Å². The van der Waals surface area contributed by atoms with Crippen molar-refractivity contribution in [3.8, 4) is 5.69 Å². The molecule has 0 spiro atoms. The minimum atomic E-state index is -0.813. The SMILES string of the molecule is COC(=O)NC(=O)[C@@H](C)Sc1nn(-c2ccc(F)cc2)c(=S)s1. The molecule has 2 aromatic rings. The van der Waals surface area contributed by atoms with Crippen molar-refractivity contribution in [2.75, 3.05) is 7.11 Å². The van der Waals surface area contributed by atoms with E-state index in [1.165, 1.54) is 35.3 Å². The molecule has 0 radical (unpaired) electrons. The molecule has 0 aliphatic heterocycles. The normalized spacial score (nSPS) is 11.8. The number of nitrogens with one attached hydrogen (secondary N) is 1. The summed E-state index contributed by atoms with van der Waals surface area (Å²) in [6, 6.07) is 5.75. The summed E-state index contributed by atoms with van der Waals surface area (Å²) in [6.45, 7) is 1.63. The number of nitrogens with zero attached hydrogens (tertiary/aromatic N) is 2. The number of carbonyl (C=O) groups excluding carboxylic acids is 2. The van der Waals surface area contributed by atoms with Gasteiger partial charge < -0.3 is 4.74 Å². The van der Waals surface area contributed by atoms with Gasteiger partial charge >= 0.3 is 6.09 Å². The molecule has 1 atom stereocenters. The number of rotatable bonds is 4. The van der Waals surface area contributed by atoms with Crippen LogP contribution in [0.3, 0.4) is 0 Å². The number of hydrogen-bond donors (Lipinski definition) is 1. The molecule has 1 heterocycles. The van der Waals surface area contributed by atoms with Gasteiger partial charge in [-0.3, -0.25) is 10.1 Å². The second-order valence-corrected chi connectivity index (χ2v) is 7.47. The lowest BCUT2D eigenvalue weighted by Gasteiger charge is -2.08. The van der Waals surface area contributed by atoms with Crippen molar-refractivity contribution >= 4 is 47.3 Å². The Balaban J connectivity index is 2.12. The van der Waals surface area contributed by atoms with Crippen molar-refractivity contribution in [2.24, 2.45) is 0 Å². The van der Waals surface area contributed by atoms with Gasteiger partial charge in [0.25, 0.3) is 0 Å². The first-order chi connectivity index (χ1) is 10.9. The Morgan fingerprint density at radius 2 is 2.09 bits per heavy atom. The third-order valence-corrected chi connectivity index (χ3v) is 5.07. The summed E-state index contributed by atoms with van der Waals surface area (Å²) in [7, 11) is 1.18. The average Bonchev–Trinajstić information content (AvgIpc) is 2.88. The maximum absolute atomic E-state index is 13.0. The van der Waals surface area contributed by atoms with Gasteiger partial charge in [-0.2, -0.15) is 0 Å². The molecule has 1 N–H and O–H groups in total. The quantitative estimate of drug-likeness (QED) is 0.656. The molecule has 0 aliphatic carbocycles. The number of methoxy groups -OCH3 is 1. The van der Waals surface area contributed by atoms with Gasteiger partial charge in [0, 0.05) is 0 Å². The predicted molar refractivity (Wildman–Crippen MR) is 88.1 cm³/mol. The topological polar surface area (TPSA) is 73.2 Å². The summed E-state index contributed by atoms with van der Waals surface area (Å²) in [5, 5.41) is 5.84. The molecule has 2 rings (SSSR count). The summed E-state index contributed by atoms with van der Waals surface area (Å²) in [6.07, 6.45) is -0.813. The van der Waals surface area contributed by atoms with Crippen LogP contribution in [0.2, 0.25) is 0 Å². The second kappa shape index (κ2) is 7.66. The van der Waals surface area contributed by atoms with E-state index in [4.69, 9.17) is 12.2 Å². The number of ether oxygens (including phenoxy) is 1. The Hall–Kier alpha value is -1.78. The molecular weight excluding hydrogens is 361 g/mol. The lowest BCUT2D eigenvalue weighted by molar-refractivity contribution is -0.119. The molecule has 23 heavy (non-hydrogen) atoms. The maximum Gasteiger partial charge on any atom is 0.413 e. The van der Waals surface area contributed by atoms with Crippen LogP contribution in [0.15, 0.2) is 28.6 Å². The van der Waals surface area contributed by atoms with Crippen molar-refractivity contribution in [3.63, 3.8) is 0 Å². The van der Waals surface area contributed by atoms with Crippen LogP contribution in [-0.4, -0.2) is 34.1 Å². The highest BCUT2D eigenvalue weighted by Gasteiger charge is 2.19. The molecule has 0 bridgehead atoms. The van der Waals surface area contributed by atoms with Crippen LogP contribution in [0.4, 0.5) is 9.18 Å². The Labute approximate surface area is 144 Å². The zero-order chi connectivity index (χ0) is 17.0. The summed E-state index contributed by atoms with van der Waals surface area (Å²) >= 11 is 7.62. The second-order valence-electron chi connectivity index (χ2n) is 4.26. The van der Waals surface area contributed by atoms with Crippen LogP contribution in [0.5, 0.6) is 0 Å². The van der Waals surface area contributed by atoms with E-state index in [1.54, 1.807) is 19.1 Å². The standard InChI is InChI=1S/C13H12FN3O3S3/c1-7(10(18)15-11(19)20-2)22-12-16-17(13(21)23-12)9-5-3-8(14)4-6-9/h3-7H,1-2H3,(H,15,18,19)/t7-/m1/s1. The third kappa shape index (κ3) is 4.60. The Bertz CT molecular complexity index is 773. The van der Waals surface area contributed by atoms with E-state index in [2.05, 4.69) is 15.2 Å². The van der Waals surface area contributed by atoms with E-state index in [1.807, 2.05) is 0 Å². The fraction of sp³-hybridized carbons (Fsp3) is 0.231. The molecule has 0 aliphatic rings. The molecule has 0 saturated carbocycles. The van der Waals surface area contributed by atoms with Gasteiger partial charge in [0.2, 0.25) is 5.91 Å². The Kier molecular flexibility index (Phi) is 5.85. The highest BCUT2D eigenvalue weighted by molar-refractivity contribution is 8.02. The van der Waals surface area contributed by atoms with Gasteiger partial charge in [-0.05, 0) is 43.4 Å². The van der Waals surface area contributed by atoms with Gasteiger partial charge in [-0.1, -0.05) is 23.1 Å². The average molecular weight is 373 g/mol. The molecule has 10 heteroatoms. The lowest BCUT2D eigenvalue weighted by Crippen LogP contribution is -2.35. The number of benzene rings is 1. The highest BCUT2D eigenvalue weighted by Crippen LogP contribution is 2.27. The van der Waals surface area contributed by atoms with E-state index in [0.29, 0.717) is 14.0 Å². The number of hydrogen-bond acceptors (Lipinski definition) is 7. The van der Waals surface area contributed by atoms with E-state index in [9.17, 15) is 14.0 Å². The predicted octanol–water partition coefficient (Wildman–Crippen LogP) is 3.17. The van der Waals surface area contributed by atoms with Crippen molar-refractivity contribution in [1.82, 2.24) is 15.1 Å². The fourth-order valence-electron chi connectivity index (χ4n) is 1.51. The smallest absolute Gasteiger partial charge is 0.413 e. The number of carbonyl (C=O) groups is 2. The van der Waals surface area contributed by atoms with Gasteiger partial charge in [-0.15, -0.1) is 5.10 Å². The number of alkyl carbamates (subject to hydrolysis) is 1. The van der Waals surface area contributed by atoms with E-state index in [0.717, 1.165) is 11.8 Å². The number of imide groups is 1. The minimum Gasteiger partial charge on any atom is -0.453 e. The number of aromatic nitrogens is 2. The fourth-order valence-corrected chi connectivity index (χ4v) is 4.02. The zero-order valence-corrected chi connectivity index (χ0v) is 14.6. The minimum absolute atomic E-state index is 0.349. The van der Waals surface area contributed by atoms with Gasteiger partial charge in [0.05, 0.1) is 18.0 Å². The largest absolute Gasteiger partial charge is 0.453 e. The summed E-state index contributed by atoms with van der Waals surface area (Å²) in [5.41, 5.74) is 0.631. The molecule has 1 aromatic carbocycles. The van der Waals surface area contributed by atoms with Crippen molar-refractivity contribution in [2.45, 2.75) is 16.5 Å². The Morgan fingerprint density at radius 1 is 1.43 bits per heavy atom. The van der Waals surface area contributed by atoms with Gasteiger partial charge in [-0.25, -0.2) is 13.9 Å². The van der Waals surface area contributed by atoms with Crippen LogP contribution >= 0.6 is 35.3 Å². The van der Waals surface area contributed by atoms with E-state index >= 15 is 0 Å². The number of halogens is 1. The van der Waals surface area contributed by atoms with Gasteiger partial charge in [0.1, 0.15) is 5.82 Å². The summed E-state index contributed by atoms with van der Waals surface area (Å²) < 4.78 is 19.9. The van der Waals surface area contributed by atoms with E-state index in [-0.39, 0.29) is 5.82 Å². The number of thioether (sulfide) groups is 1. The highest BCUT2D eigenvalue weighted by atomic mass is 32.2. The molecule has 2 amide bonds. The first kappa shape index (κ1) is 17.6. The molecule has 1 aromatic heterocycles. The van der Waals surface area contributed by atoms with Crippen LogP contribution in [0.25, 0.3) is 5.69 Å². The molecule has 0 unspecified atom stereocenters. The van der Waals surface area contributed by atoms with Crippen molar-refractivity contribution in [3.05, 3.63) is 34.0 Å². The molecule has 6 nitrogen and oxygen atoms in total. The molecular formula is C13H12FN3O3S3. The zero-order valence-electron chi connectivity index (χ0n) is 12.1. The first-order valence-electron chi connectivity index (χ1n) is 6.32. The number of amides is 2. The third-order valence-electron chi connectivity index (χ3n) is 2.66. The van der Waals surface area contributed by atoms with E-state index < -0.39 is 17.3 Å². The Morgan fingerprint density at radius 3 is 2.70 bits per heavy atom. The monoisotopic (exact) mass is 373 g/mol. The first-order valence-corrected chi connectivity index (χ1v) is 8.42. The van der Waals surface area contributed by atoms with Crippen LogP contribution < -0.4 is 5.32 Å². The summed E-state index contributed by atoms with van der Waals surface area (Å²) in [5.74, 6) is -0.838.